The summed E-state index contributed by atoms with van der Waals surface area (Å²) in [4.78, 5) is 0.292. The zero-order valence-corrected chi connectivity index (χ0v) is 12.3. The van der Waals surface area contributed by atoms with Gasteiger partial charge in [0, 0.05) is 19.8 Å². The van der Waals surface area contributed by atoms with Crippen LogP contribution in [-0.2, 0) is 19.5 Å². The number of sulfonamides is 1. The molecule has 0 bridgehead atoms. The van der Waals surface area contributed by atoms with E-state index in [1.807, 2.05) is 0 Å². The summed E-state index contributed by atoms with van der Waals surface area (Å²) < 4.78 is 37.3. The van der Waals surface area contributed by atoms with E-state index in [9.17, 15) is 8.42 Å². The second-order valence-corrected chi connectivity index (χ2v) is 6.54. The van der Waals surface area contributed by atoms with E-state index in [1.165, 1.54) is 0 Å². The summed E-state index contributed by atoms with van der Waals surface area (Å²) in [5.74, 6) is 0. The molecule has 20 heavy (non-hydrogen) atoms. The molecule has 0 spiro atoms. The van der Waals surface area contributed by atoms with Gasteiger partial charge in [0.15, 0.2) is 0 Å². The Labute approximate surface area is 120 Å². The third kappa shape index (κ3) is 4.86. The molecule has 1 aliphatic heterocycles. The minimum Gasteiger partial charge on any atom is -0.379 e. The fourth-order valence-electron chi connectivity index (χ4n) is 2.05. The summed E-state index contributed by atoms with van der Waals surface area (Å²) in [5, 5.41) is 0. The maximum atomic E-state index is 11.9. The molecule has 6 heteroatoms. The van der Waals surface area contributed by atoms with Crippen LogP contribution in [0.25, 0.3) is 0 Å². The minimum absolute atomic E-state index is 0.219. The highest BCUT2D eigenvalue weighted by Gasteiger charge is 2.15. The van der Waals surface area contributed by atoms with Gasteiger partial charge in [-0.25, -0.2) is 13.1 Å². The van der Waals surface area contributed by atoms with Crippen molar-refractivity contribution >= 4 is 10.0 Å². The Balaban J connectivity index is 1.60. The van der Waals surface area contributed by atoms with Gasteiger partial charge >= 0.3 is 0 Å². The summed E-state index contributed by atoms with van der Waals surface area (Å²) in [6.45, 7) is 2.34. The molecule has 0 radical (unpaired) electrons. The van der Waals surface area contributed by atoms with Crippen LogP contribution < -0.4 is 4.72 Å². The van der Waals surface area contributed by atoms with Gasteiger partial charge in [0.1, 0.15) is 0 Å². The second-order valence-electron chi connectivity index (χ2n) is 4.77. The third-order valence-corrected chi connectivity index (χ3v) is 4.62. The first kappa shape index (κ1) is 15.4. The average Bonchev–Trinajstić information content (AvgIpc) is 2.97. The van der Waals surface area contributed by atoms with Crippen LogP contribution in [-0.4, -0.2) is 40.9 Å². The van der Waals surface area contributed by atoms with Crippen molar-refractivity contribution in [2.45, 2.75) is 30.3 Å². The molecule has 5 nitrogen and oxygen atoms in total. The van der Waals surface area contributed by atoms with E-state index in [0.717, 1.165) is 19.4 Å². The van der Waals surface area contributed by atoms with E-state index in [0.29, 0.717) is 31.1 Å². The molecule has 0 aliphatic carbocycles. The molecule has 2 rings (SSSR count). The van der Waals surface area contributed by atoms with E-state index < -0.39 is 10.0 Å². The normalized spacial score (nSPS) is 19.3. The summed E-state index contributed by atoms with van der Waals surface area (Å²) >= 11 is 0. The van der Waals surface area contributed by atoms with E-state index in [4.69, 9.17) is 9.47 Å². The van der Waals surface area contributed by atoms with E-state index in [-0.39, 0.29) is 6.10 Å². The summed E-state index contributed by atoms with van der Waals surface area (Å²) in [7, 11) is -3.39. The van der Waals surface area contributed by atoms with Gasteiger partial charge in [-0.2, -0.15) is 0 Å². The topological polar surface area (TPSA) is 64.6 Å². The lowest BCUT2D eigenvalue weighted by atomic mass is 10.2. The lowest BCUT2D eigenvalue weighted by Gasteiger charge is -2.10. The van der Waals surface area contributed by atoms with Crippen molar-refractivity contribution in [2.75, 3.05) is 26.4 Å². The zero-order chi connectivity index (χ0) is 14.3. The van der Waals surface area contributed by atoms with Crippen molar-refractivity contribution in [3.05, 3.63) is 30.3 Å². The monoisotopic (exact) mass is 299 g/mol. The number of ether oxygens (including phenoxy) is 2. The molecule has 1 aromatic rings. The Kier molecular flexibility index (Phi) is 5.97. The van der Waals surface area contributed by atoms with Gasteiger partial charge in [0.25, 0.3) is 0 Å². The Morgan fingerprint density at radius 3 is 2.80 bits per heavy atom. The van der Waals surface area contributed by atoms with Crippen molar-refractivity contribution in [3.8, 4) is 0 Å². The van der Waals surface area contributed by atoms with Gasteiger partial charge < -0.3 is 9.47 Å². The standard InChI is InChI=1S/C14H21NO4S/c16-20(17,14-7-2-1-3-8-14)15-9-5-10-18-12-13-6-4-11-19-13/h1-3,7-8,13,15H,4-6,9-12H2/t13-/m0/s1. The van der Waals surface area contributed by atoms with Crippen molar-refractivity contribution in [3.63, 3.8) is 0 Å². The Morgan fingerprint density at radius 2 is 2.10 bits per heavy atom. The number of nitrogens with one attached hydrogen (secondary N) is 1. The average molecular weight is 299 g/mol. The van der Waals surface area contributed by atoms with E-state index in [2.05, 4.69) is 4.72 Å². The molecule has 0 amide bonds. The van der Waals surface area contributed by atoms with Crippen molar-refractivity contribution in [1.82, 2.24) is 4.72 Å². The maximum absolute atomic E-state index is 11.9. The Bertz CT molecular complexity index is 483. The van der Waals surface area contributed by atoms with Crippen LogP contribution in [0.3, 0.4) is 0 Å². The molecular weight excluding hydrogens is 278 g/mol. The van der Waals surface area contributed by atoms with Gasteiger partial charge in [-0.05, 0) is 31.4 Å². The first-order valence-corrected chi connectivity index (χ1v) is 8.41. The summed E-state index contributed by atoms with van der Waals surface area (Å²) in [5.41, 5.74) is 0. The Hall–Kier alpha value is -0.950. The number of benzene rings is 1. The zero-order valence-electron chi connectivity index (χ0n) is 11.5. The lowest BCUT2D eigenvalue weighted by molar-refractivity contribution is 0.0169. The fraction of sp³-hybridized carbons (Fsp3) is 0.571. The highest BCUT2D eigenvalue weighted by molar-refractivity contribution is 7.89. The van der Waals surface area contributed by atoms with Crippen LogP contribution in [0.15, 0.2) is 35.2 Å². The molecule has 112 valence electrons. The van der Waals surface area contributed by atoms with Crippen LogP contribution in [0.2, 0.25) is 0 Å². The number of hydrogen-bond donors (Lipinski definition) is 1. The molecule has 1 fully saturated rings. The van der Waals surface area contributed by atoms with Gasteiger partial charge in [0.2, 0.25) is 10.0 Å². The Morgan fingerprint density at radius 1 is 1.30 bits per heavy atom. The molecule has 1 aliphatic rings. The maximum Gasteiger partial charge on any atom is 0.240 e. The van der Waals surface area contributed by atoms with Gasteiger partial charge in [-0.15, -0.1) is 0 Å². The quantitative estimate of drug-likeness (QED) is 0.740. The number of rotatable bonds is 8. The van der Waals surface area contributed by atoms with Gasteiger partial charge in [0.05, 0.1) is 17.6 Å². The summed E-state index contributed by atoms with van der Waals surface area (Å²) in [6, 6.07) is 8.36. The van der Waals surface area contributed by atoms with Gasteiger partial charge in [-0.1, -0.05) is 18.2 Å². The highest BCUT2D eigenvalue weighted by atomic mass is 32.2. The highest BCUT2D eigenvalue weighted by Crippen LogP contribution is 2.12. The smallest absolute Gasteiger partial charge is 0.240 e. The van der Waals surface area contributed by atoms with Crippen LogP contribution in [0, 0.1) is 0 Å². The first-order valence-electron chi connectivity index (χ1n) is 6.92. The summed E-state index contributed by atoms with van der Waals surface area (Å²) in [6.07, 6.45) is 3.03. The fourth-order valence-corrected chi connectivity index (χ4v) is 3.15. The molecule has 0 aromatic heterocycles. The van der Waals surface area contributed by atoms with Crippen LogP contribution in [0.4, 0.5) is 0 Å². The lowest BCUT2D eigenvalue weighted by Crippen LogP contribution is -2.26. The molecule has 1 saturated heterocycles. The van der Waals surface area contributed by atoms with Crippen molar-refractivity contribution < 1.29 is 17.9 Å². The predicted octanol–water partition coefficient (Wildman–Crippen LogP) is 1.55. The molecule has 0 unspecified atom stereocenters. The molecule has 1 atom stereocenters. The minimum atomic E-state index is -3.39. The third-order valence-electron chi connectivity index (χ3n) is 3.14. The predicted molar refractivity (Wildman–Crippen MR) is 76.0 cm³/mol. The SMILES string of the molecule is O=S(=O)(NCCCOC[C@@H]1CCCO1)c1ccccc1. The van der Waals surface area contributed by atoms with E-state index >= 15 is 0 Å². The van der Waals surface area contributed by atoms with E-state index in [1.54, 1.807) is 30.3 Å². The molecular formula is C14H21NO4S. The molecule has 0 saturated carbocycles. The van der Waals surface area contributed by atoms with Crippen LogP contribution in [0.1, 0.15) is 19.3 Å². The second kappa shape index (κ2) is 7.73. The molecule has 1 N–H and O–H groups in total. The number of hydrogen-bond acceptors (Lipinski definition) is 4. The van der Waals surface area contributed by atoms with Crippen molar-refractivity contribution in [2.24, 2.45) is 0 Å². The van der Waals surface area contributed by atoms with Gasteiger partial charge in [-0.3, -0.25) is 0 Å². The van der Waals surface area contributed by atoms with Crippen LogP contribution >= 0.6 is 0 Å². The largest absolute Gasteiger partial charge is 0.379 e. The first-order chi connectivity index (χ1) is 9.68. The van der Waals surface area contributed by atoms with Crippen molar-refractivity contribution in [1.29, 1.82) is 0 Å². The van der Waals surface area contributed by atoms with Crippen LogP contribution in [0.5, 0.6) is 0 Å². The molecule has 1 aromatic carbocycles. The molecule has 1 heterocycles.